The van der Waals surface area contributed by atoms with Crippen molar-refractivity contribution in [2.24, 2.45) is 0 Å². The zero-order valence-electron chi connectivity index (χ0n) is 5.83. The lowest BCUT2D eigenvalue weighted by atomic mass is 10.4. The van der Waals surface area contributed by atoms with Gasteiger partial charge in [-0.1, -0.05) is 0 Å². The minimum absolute atomic E-state index is 0. The molecule has 0 atom stereocenters. The van der Waals surface area contributed by atoms with E-state index in [0.717, 1.165) is 4.90 Å². The molecule has 1 saturated heterocycles. The predicted octanol–water partition coefficient (Wildman–Crippen LogP) is -1.36. The van der Waals surface area contributed by atoms with Gasteiger partial charge in [0, 0.05) is 13.0 Å². The Balaban J connectivity index is 0. The van der Waals surface area contributed by atoms with Crippen molar-refractivity contribution in [2.75, 3.05) is 6.54 Å². The van der Waals surface area contributed by atoms with E-state index >= 15 is 0 Å². The topological polar surface area (TPSA) is 121 Å². The molecule has 0 bridgehead atoms. The lowest BCUT2D eigenvalue weighted by molar-refractivity contribution is -0.125. The van der Waals surface area contributed by atoms with Crippen LogP contribution in [0.15, 0.2) is 0 Å². The standard InChI is InChI=1S/C5H7NO3.2H2O/c7-4-2-1-3-6(4)5(8)9;;/h1-3H2,(H,8,9);2*1H2. The molecule has 0 aromatic rings. The number of nitrogens with zero attached hydrogens (tertiary/aromatic N) is 1. The average molecular weight is 165 g/mol. The Hall–Kier alpha value is -1.14. The molecule has 6 heteroatoms. The van der Waals surface area contributed by atoms with Crippen molar-refractivity contribution in [3.63, 3.8) is 0 Å². The molecule has 66 valence electrons. The highest BCUT2D eigenvalue weighted by Gasteiger charge is 2.25. The summed E-state index contributed by atoms with van der Waals surface area (Å²) in [4.78, 5) is 21.5. The van der Waals surface area contributed by atoms with Gasteiger partial charge in [0.1, 0.15) is 0 Å². The largest absolute Gasteiger partial charge is 0.465 e. The van der Waals surface area contributed by atoms with Gasteiger partial charge < -0.3 is 16.1 Å². The third kappa shape index (κ3) is 2.52. The summed E-state index contributed by atoms with van der Waals surface area (Å²) in [6.07, 6.45) is -0.0743. The molecular weight excluding hydrogens is 154 g/mol. The average Bonchev–Trinajstić information content (AvgIpc) is 2.13. The number of hydrogen-bond donors (Lipinski definition) is 1. The molecule has 11 heavy (non-hydrogen) atoms. The molecule has 1 fully saturated rings. The van der Waals surface area contributed by atoms with Crippen LogP contribution in [0.5, 0.6) is 0 Å². The quantitative estimate of drug-likeness (QED) is 0.476. The van der Waals surface area contributed by atoms with Gasteiger partial charge in [-0.3, -0.25) is 4.79 Å². The maximum atomic E-state index is 10.6. The number of hydrogen-bond acceptors (Lipinski definition) is 2. The number of carboxylic acid groups (broad SMARTS) is 1. The normalized spacial score (nSPS) is 15.3. The van der Waals surface area contributed by atoms with Crippen LogP contribution in [-0.2, 0) is 4.79 Å². The molecule has 0 aromatic carbocycles. The number of amides is 2. The van der Waals surface area contributed by atoms with Crippen LogP contribution in [0.4, 0.5) is 4.79 Å². The van der Waals surface area contributed by atoms with E-state index in [2.05, 4.69) is 0 Å². The van der Waals surface area contributed by atoms with Crippen molar-refractivity contribution in [1.82, 2.24) is 4.90 Å². The van der Waals surface area contributed by atoms with E-state index in [4.69, 9.17) is 5.11 Å². The van der Waals surface area contributed by atoms with Crippen LogP contribution < -0.4 is 0 Å². The molecule has 5 N–H and O–H groups in total. The summed E-state index contributed by atoms with van der Waals surface area (Å²) >= 11 is 0. The highest BCUT2D eigenvalue weighted by atomic mass is 16.4. The lowest BCUT2D eigenvalue weighted by Crippen LogP contribution is -2.29. The van der Waals surface area contributed by atoms with Crippen LogP contribution in [0.25, 0.3) is 0 Å². The molecule has 1 aliphatic heterocycles. The monoisotopic (exact) mass is 165 g/mol. The molecule has 0 aliphatic carbocycles. The third-order valence-corrected chi connectivity index (χ3v) is 1.30. The molecule has 0 spiro atoms. The summed E-state index contributed by atoms with van der Waals surface area (Å²) in [6.45, 7) is 0.369. The van der Waals surface area contributed by atoms with E-state index < -0.39 is 6.09 Å². The Kier molecular flexibility index (Phi) is 5.29. The minimum atomic E-state index is -1.13. The van der Waals surface area contributed by atoms with Crippen LogP contribution >= 0.6 is 0 Å². The second-order valence-corrected chi connectivity index (χ2v) is 1.93. The zero-order chi connectivity index (χ0) is 6.85. The Morgan fingerprint density at radius 2 is 2.00 bits per heavy atom. The van der Waals surface area contributed by atoms with Crippen LogP contribution in [0.3, 0.4) is 0 Å². The molecule has 0 aromatic heterocycles. The first-order valence-electron chi connectivity index (χ1n) is 2.75. The summed E-state index contributed by atoms with van der Waals surface area (Å²) in [5, 5.41) is 8.29. The maximum Gasteiger partial charge on any atom is 0.414 e. The molecule has 2 amide bonds. The molecule has 1 heterocycles. The molecule has 0 saturated carbocycles. The minimum Gasteiger partial charge on any atom is -0.465 e. The first kappa shape index (κ1) is 12.5. The number of carbonyl (C=O) groups excluding carboxylic acids is 1. The van der Waals surface area contributed by atoms with E-state index in [9.17, 15) is 9.59 Å². The molecule has 6 nitrogen and oxygen atoms in total. The Morgan fingerprint density at radius 3 is 2.18 bits per heavy atom. The van der Waals surface area contributed by atoms with Gasteiger partial charge in [0.05, 0.1) is 0 Å². The first-order valence-corrected chi connectivity index (χ1v) is 2.75. The summed E-state index contributed by atoms with van der Waals surface area (Å²) in [6, 6.07) is 0. The van der Waals surface area contributed by atoms with Gasteiger partial charge in [-0.25, -0.2) is 9.69 Å². The maximum absolute atomic E-state index is 10.6. The van der Waals surface area contributed by atoms with E-state index in [0.29, 0.717) is 19.4 Å². The Bertz CT molecular complexity index is 157. The fourth-order valence-corrected chi connectivity index (χ4v) is 0.850. The van der Waals surface area contributed by atoms with E-state index in [1.165, 1.54) is 0 Å². The number of likely N-dealkylation sites (tertiary alicyclic amines) is 1. The SMILES string of the molecule is O.O.O=C(O)N1CCCC1=O. The Morgan fingerprint density at radius 1 is 1.45 bits per heavy atom. The van der Waals surface area contributed by atoms with Gasteiger partial charge in [0.2, 0.25) is 5.91 Å². The molecule has 1 aliphatic rings. The third-order valence-electron chi connectivity index (χ3n) is 1.30. The zero-order valence-corrected chi connectivity index (χ0v) is 5.83. The molecule has 1 rings (SSSR count). The second-order valence-electron chi connectivity index (χ2n) is 1.93. The van der Waals surface area contributed by atoms with Gasteiger partial charge in [0.15, 0.2) is 0 Å². The van der Waals surface area contributed by atoms with Gasteiger partial charge in [0.25, 0.3) is 0 Å². The summed E-state index contributed by atoms with van der Waals surface area (Å²) < 4.78 is 0. The summed E-state index contributed by atoms with van der Waals surface area (Å²) in [7, 11) is 0. The van der Waals surface area contributed by atoms with Crippen molar-refractivity contribution in [3.8, 4) is 0 Å². The molecular formula is C5H11NO5. The molecule has 0 unspecified atom stereocenters. The highest BCUT2D eigenvalue weighted by molar-refractivity contribution is 5.92. The van der Waals surface area contributed by atoms with Gasteiger partial charge in [-0.05, 0) is 6.42 Å². The van der Waals surface area contributed by atoms with Crippen molar-refractivity contribution >= 4 is 12.0 Å². The first-order chi connectivity index (χ1) is 4.22. The second kappa shape index (κ2) is 4.64. The fraction of sp³-hybridized carbons (Fsp3) is 0.600. The van der Waals surface area contributed by atoms with Gasteiger partial charge >= 0.3 is 6.09 Å². The van der Waals surface area contributed by atoms with E-state index in [1.54, 1.807) is 0 Å². The van der Waals surface area contributed by atoms with E-state index in [1.807, 2.05) is 0 Å². The van der Waals surface area contributed by atoms with Crippen molar-refractivity contribution in [2.45, 2.75) is 12.8 Å². The predicted molar refractivity (Wildman–Crippen MR) is 36.2 cm³/mol. The smallest absolute Gasteiger partial charge is 0.414 e. The lowest BCUT2D eigenvalue weighted by Gasteiger charge is -2.05. The summed E-state index contributed by atoms with van der Waals surface area (Å²) in [5.41, 5.74) is 0. The molecule has 0 radical (unpaired) electrons. The van der Waals surface area contributed by atoms with Gasteiger partial charge in [-0.2, -0.15) is 0 Å². The number of imide groups is 1. The number of rotatable bonds is 0. The van der Waals surface area contributed by atoms with Crippen LogP contribution in [0.2, 0.25) is 0 Å². The van der Waals surface area contributed by atoms with E-state index in [-0.39, 0.29) is 16.9 Å². The van der Waals surface area contributed by atoms with Crippen LogP contribution in [0, 0.1) is 0 Å². The van der Waals surface area contributed by atoms with Crippen molar-refractivity contribution in [1.29, 1.82) is 0 Å². The summed E-state index contributed by atoms with van der Waals surface area (Å²) in [5.74, 6) is -0.275. The van der Waals surface area contributed by atoms with Gasteiger partial charge in [-0.15, -0.1) is 0 Å². The highest BCUT2D eigenvalue weighted by Crippen LogP contribution is 2.08. The van der Waals surface area contributed by atoms with Crippen molar-refractivity contribution in [3.05, 3.63) is 0 Å². The van der Waals surface area contributed by atoms with Crippen molar-refractivity contribution < 1.29 is 25.6 Å². The Labute approximate surface area is 63.0 Å². The fourth-order valence-electron chi connectivity index (χ4n) is 0.850. The number of carbonyl (C=O) groups is 2. The van der Waals surface area contributed by atoms with Crippen LogP contribution in [-0.4, -0.2) is 39.5 Å². The van der Waals surface area contributed by atoms with Crippen LogP contribution in [0.1, 0.15) is 12.8 Å².